The molecule has 0 spiro atoms. The van der Waals surface area contributed by atoms with E-state index in [-0.39, 0.29) is 5.91 Å². The summed E-state index contributed by atoms with van der Waals surface area (Å²) in [5.74, 6) is -0.521. The van der Waals surface area contributed by atoms with Gasteiger partial charge in [0.2, 0.25) is 5.91 Å². The van der Waals surface area contributed by atoms with Crippen molar-refractivity contribution in [2.75, 3.05) is 7.11 Å². The Morgan fingerprint density at radius 3 is 2.58 bits per heavy atom. The number of methoxy groups -OCH3 is 1. The van der Waals surface area contributed by atoms with Gasteiger partial charge in [0.05, 0.1) is 7.11 Å². The maximum Gasteiger partial charge on any atom is 0.328 e. The molecule has 104 valence electrons. The summed E-state index contributed by atoms with van der Waals surface area (Å²) in [7, 11) is 1.32. The smallest absolute Gasteiger partial charge is 0.328 e. The Bertz CT molecular complexity index is 443. The van der Waals surface area contributed by atoms with E-state index < -0.39 is 12.0 Å². The summed E-state index contributed by atoms with van der Waals surface area (Å²) in [4.78, 5) is 23.2. The summed E-state index contributed by atoms with van der Waals surface area (Å²) in [6, 6.07) is 7.43. The van der Waals surface area contributed by atoms with E-state index in [1.54, 1.807) is 0 Å². The van der Waals surface area contributed by atoms with Crippen LogP contribution >= 0.6 is 0 Å². The number of carbonyl (C=O) groups is 2. The maximum absolute atomic E-state index is 11.8. The Kier molecular flexibility index (Phi) is 6.06. The number of benzene rings is 1. The summed E-state index contributed by atoms with van der Waals surface area (Å²) in [6.07, 6.45) is 1.58. The zero-order valence-corrected chi connectivity index (χ0v) is 11.7. The monoisotopic (exact) mass is 263 g/mol. The SMILES string of the molecule is CCC(NC(=O)CCc1ccccc1C)C(=O)OC. The van der Waals surface area contributed by atoms with Crippen LogP contribution in [-0.4, -0.2) is 25.0 Å². The predicted octanol–water partition coefficient (Wildman–Crippen LogP) is 2.00. The average molecular weight is 263 g/mol. The van der Waals surface area contributed by atoms with Crippen LogP contribution < -0.4 is 5.32 Å². The van der Waals surface area contributed by atoms with Crippen molar-refractivity contribution < 1.29 is 14.3 Å². The summed E-state index contributed by atoms with van der Waals surface area (Å²) in [5.41, 5.74) is 2.33. The molecule has 0 bridgehead atoms. The quantitative estimate of drug-likeness (QED) is 0.799. The molecule has 1 amide bonds. The van der Waals surface area contributed by atoms with Crippen LogP contribution in [0.4, 0.5) is 0 Å². The fourth-order valence-electron chi connectivity index (χ4n) is 1.88. The van der Waals surface area contributed by atoms with E-state index in [0.29, 0.717) is 19.3 Å². The third kappa shape index (κ3) is 4.73. The Labute approximate surface area is 114 Å². The zero-order valence-electron chi connectivity index (χ0n) is 11.7. The molecule has 1 aromatic carbocycles. The first-order valence-electron chi connectivity index (χ1n) is 6.50. The van der Waals surface area contributed by atoms with Crippen molar-refractivity contribution in [2.45, 2.75) is 39.2 Å². The van der Waals surface area contributed by atoms with E-state index in [1.165, 1.54) is 12.7 Å². The summed E-state index contributed by atoms with van der Waals surface area (Å²) < 4.78 is 4.63. The minimum absolute atomic E-state index is 0.125. The maximum atomic E-state index is 11.8. The number of carbonyl (C=O) groups excluding carboxylic acids is 2. The van der Waals surface area contributed by atoms with Gasteiger partial charge in [-0.2, -0.15) is 0 Å². The van der Waals surface area contributed by atoms with Gasteiger partial charge in [0.1, 0.15) is 6.04 Å². The summed E-state index contributed by atoms with van der Waals surface area (Å²) in [5, 5.41) is 2.69. The van der Waals surface area contributed by atoms with E-state index in [9.17, 15) is 9.59 Å². The van der Waals surface area contributed by atoms with Gasteiger partial charge in [0, 0.05) is 6.42 Å². The van der Waals surface area contributed by atoms with Gasteiger partial charge in [-0.15, -0.1) is 0 Å². The molecule has 0 aliphatic carbocycles. The molecule has 1 atom stereocenters. The number of esters is 1. The summed E-state index contributed by atoms with van der Waals surface area (Å²) in [6.45, 7) is 3.86. The van der Waals surface area contributed by atoms with Crippen LogP contribution in [0.1, 0.15) is 30.9 Å². The van der Waals surface area contributed by atoms with E-state index in [0.717, 1.165) is 5.56 Å². The van der Waals surface area contributed by atoms with Crippen molar-refractivity contribution in [3.8, 4) is 0 Å². The second-order valence-electron chi connectivity index (χ2n) is 4.48. The van der Waals surface area contributed by atoms with Gasteiger partial charge in [0.25, 0.3) is 0 Å². The van der Waals surface area contributed by atoms with Crippen LogP contribution in [0.3, 0.4) is 0 Å². The topological polar surface area (TPSA) is 55.4 Å². The molecule has 1 rings (SSSR count). The van der Waals surface area contributed by atoms with Crippen molar-refractivity contribution in [3.63, 3.8) is 0 Å². The lowest BCUT2D eigenvalue weighted by Crippen LogP contribution is -2.41. The number of ether oxygens (including phenoxy) is 1. The van der Waals surface area contributed by atoms with E-state index >= 15 is 0 Å². The normalized spacial score (nSPS) is 11.7. The zero-order chi connectivity index (χ0) is 14.3. The van der Waals surface area contributed by atoms with Gasteiger partial charge in [-0.3, -0.25) is 4.79 Å². The minimum Gasteiger partial charge on any atom is -0.467 e. The fourth-order valence-corrected chi connectivity index (χ4v) is 1.88. The van der Waals surface area contributed by atoms with Crippen LogP contribution in [0.25, 0.3) is 0 Å². The second kappa shape index (κ2) is 7.56. The molecule has 4 heteroatoms. The van der Waals surface area contributed by atoms with Gasteiger partial charge >= 0.3 is 5.97 Å². The third-order valence-corrected chi connectivity index (χ3v) is 3.11. The van der Waals surface area contributed by atoms with E-state index in [4.69, 9.17) is 0 Å². The fraction of sp³-hybridized carbons (Fsp3) is 0.467. The molecule has 19 heavy (non-hydrogen) atoms. The number of aryl methyl sites for hydroxylation is 2. The van der Waals surface area contributed by atoms with Gasteiger partial charge < -0.3 is 10.1 Å². The first-order chi connectivity index (χ1) is 9.08. The first kappa shape index (κ1) is 15.2. The molecule has 0 fully saturated rings. The molecule has 1 aromatic rings. The number of hydrogen-bond donors (Lipinski definition) is 1. The predicted molar refractivity (Wildman–Crippen MR) is 73.7 cm³/mol. The third-order valence-electron chi connectivity index (χ3n) is 3.11. The highest BCUT2D eigenvalue weighted by Gasteiger charge is 2.18. The molecule has 1 unspecified atom stereocenters. The van der Waals surface area contributed by atoms with Crippen molar-refractivity contribution in [1.82, 2.24) is 5.32 Å². The Balaban J connectivity index is 2.48. The molecule has 0 saturated heterocycles. The highest BCUT2D eigenvalue weighted by atomic mass is 16.5. The largest absolute Gasteiger partial charge is 0.467 e. The van der Waals surface area contributed by atoms with Crippen LogP contribution in [0.2, 0.25) is 0 Å². The van der Waals surface area contributed by atoms with Crippen LogP contribution in [-0.2, 0) is 20.7 Å². The van der Waals surface area contributed by atoms with Crippen LogP contribution in [0, 0.1) is 6.92 Å². The molecular formula is C15H21NO3. The molecule has 0 radical (unpaired) electrons. The number of hydrogen-bond acceptors (Lipinski definition) is 3. The van der Waals surface area contributed by atoms with Crippen molar-refractivity contribution in [2.24, 2.45) is 0 Å². The van der Waals surface area contributed by atoms with Gasteiger partial charge in [0.15, 0.2) is 0 Å². The molecule has 0 aliphatic rings. The Morgan fingerprint density at radius 2 is 2.00 bits per heavy atom. The van der Waals surface area contributed by atoms with Crippen molar-refractivity contribution in [3.05, 3.63) is 35.4 Å². The number of rotatable bonds is 6. The van der Waals surface area contributed by atoms with Crippen LogP contribution in [0.15, 0.2) is 24.3 Å². The van der Waals surface area contributed by atoms with Crippen LogP contribution in [0.5, 0.6) is 0 Å². The molecule has 1 N–H and O–H groups in total. The molecule has 0 heterocycles. The van der Waals surface area contributed by atoms with E-state index in [2.05, 4.69) is 10.1 Å². The molecule has 0 aliphatic heterocycles. The molecule has 4 nitrogen and oxygen atoms in total. The lowest BCUT2D eigenvalue weighted by Gasteiger charge is -2.14. The minimum atomic E-state index is -0.547. The molecule has 0 saturated carbocycles. The highest BCUT2D eigenvalue weighted by Crippen LogP contribution is 2.09. The molecular weight excluding hydrogens is 242 g/mol. The lowest BCUT2D eigenvalue weighted by atomic mass is 10.0. The first-order valence-corrected chi connectivity index (χ1v) is 6.50. The lowest BCUT2D eigenvalue weighted by molar-refractivity contribution is -0.145. The average Bonchev–Trinajstić information content (AvgIpc) is 2.43. The van der Waals surface area contributed by atoms with Gasteiger partial charge in [-0.05, 0) is 30.9 Å². The van der Waals surface area contributed by atoms with Crippen molar-refractivity contribution in [1.29, 1.82) is 0 Å². The second-order valence-corrected chi connectivity index (χ2v) is 4.48. The highest BCUT2D eigenvalue weighted by molar-refractivity contribution is 5.84. The van der Waals surface area contributed by atoms with Gasteiger partial charge in [-0.1, -0.05) is 31.2 Å². The van der Waals surface area contributed by atoms with Gasteiger partial charge in [-0.25, -0.2) is 4.79 Å². The Hall–Kier alpha value is -1.84. The Morgan fingerprint density at radius 1 is 1.32 bits per heavy atom. The number of nitrogens with one attached hydrogen (secondary N) is 1. The summed E-state index contributed by atoms with van der Waals surface area (Å²) >= 11 is 0. The van der Waals surface area contributed by atoms with Crippen molar-refractivity contribution >= 4 is 11.9 Å². The van der Waals surface area contributed by atoms with E-state index in [1.807, 2.05) is 38.1 Å². The standard InChI is InChI=1S/C15H21NO3/c1-4-13(15(18)19-3)16-14(17)10-9-12-8-6-5-7-11(12)2/h5-8,13H,4,9-10H2,1-3H3,(H,16,17). The molecule has 0 aromatic heterocycles. The number of amides is 1.